The predicted octanol–water partition coefficient (Wildman–Crippen LogP) is 1.85. The van der Waals surface area contributed by atoms with Gasteiger partial charge in [-0.1, -0.05) is 6.92 Å². The number of hydrogen-bond acceptors (Lipinski definition) is 5. The Kier molecular flexibility index (Phi) is 5.11. The van der Waals surface area contributed by atoms with Crippen LogP contribution in [0.1, 0.15) is 44.8 Å². The van der Waals surface area contributed by atoms with Crippen LogP contribution in [-0.2, 0) is 27.4 Å². The maximum Gasteiger partial charge on any atom is 0.309 e. The maximum absolute atomic E-state index is 12.1. The molecule has 2 heterocycles. The monoisotopic (exact) mass is 281 g/mol. The van der Waals surface area contributed by atoms with Crippen LogP contribution in [-0.4, -0.2) is 33.4 Å². The molecule has 6 nitrogen and oxygen atoms in total. The Morgan fingerprint density at radius 3 is 3.00 bits per heavy atom. The van der Waals surface area contributed by atoms with Crippen LogP contribution in [0.15, 0.2) is 0 Å². The third-order valence-corrected chi connectivity index (χ3v) is 3.62. The van der Waals surface area contributed by atoms with Gasteiger partial charge in [-0.3, -0.25) is 4.79 Å². The molecule has 2 rings (SSSR count). The van der Waals surface area contributed by atoms with E-state index in [0.717, 1.165) is 37.5 Å². The van der Waals surface area contributed by atoms with Gasteiger partial charge in [0.1, 0.15) is 5.82 Å². The van der Waals surface area contributed by atoms with Gasteiger partial charge in [0.25, 0.3) is 0 Å². The molecule has 0 unspecified atom stereocenters. The van der Waals surface area contributed by atoms with Crippen molar-refractivity contribution in [3.8, 4) is 0 Å². The molecule has 0 saturated carbocycles. The van der Waals surface area contributed by atoms with Gasteiger partial charge in [0.15, 0.2) is 12.4 Å². The summed E-state index contributed by atoms with van der Waals surface area (Å²) < 4.78 is 12.8. The second kappa shape index (κ2) is 6.83. The van der Waals surface area contributed by atoms with Gasteiger partial charge in [-0.25, -0.2) is 0 Å². The van der Waals surface area contributed by atoms with Crippen molar-refractivity contribution in [2.45, 2.75) is 59.3 Å². The highest BCUT2D eigenvalue weighted by molar-refractivity contribution is 5.72. The highest BCUT2D eigenvalue weighted by Crippen LogP contribution is 2.21. The number of ether oxygens (including phenoxy) is 2. The van der Waals surface area contributed by atoms with Crippen molar-refractivity contribution >= 4 is 5.97 Å². The van der Waals surface area contributed by atoms with Crippen LogP contribution in [0.4, 0.5) is 0 Å². The van der Waals surface area contributed by atoms with E-state index in [0.29, 0.717) is 6.61 Å². The van der Waals surface area contributed by atoms with Crippen molar-refractivity contribution in [2.75, 3.05) is 6.61 Å². The molecule has 1 aromatic heterocycles. The summed E-state index contributed by atoms with van der Waals surface area (Å²) in [4.78, 5) is 12.1. The van der Waals surface area contributed by atoms with Crippen LogP contribution in [0.5, 0.6) is 0 Å². The molecule has 0 aromatic carbocycles. The predicted molar refractivity (Wildman–Crippen MR) is 73.0 cm³/mol. The number of carbonyl (C=O) groups is 1. The molecule has 112 valence electrons. The summed E-state index contributed by atoms with van der Waals surface area (Å²) in [7, 11) is 0. The van der Waals surface area contributed by atoms with E-state index in [1.54, 1.807) is 0 Å². The minimum absolute atomic E-state index is 0.0533. The van der Waals surface area contributed by atoms with Crippen LogP contribution in [0.3, 0.4) is 0 Å². The average Bonchev–Trinajstić information content (AvgIpc) is 2.78. The molecule has 1 saturated heterocycles. The number of aryl methyl sites for hydroxylation is 1. The van der Waals surface area contributed by atoms with Gasteiger partial charge in [-0.15, -0.1) is 10.2 Å². The molecule has 1 aromatic rings. The van der Waals surface area contributed by atoms with Gasteiger partial charge in [-0.05, 0) is 33.1 Å². The lowest BCUT2D eigenvalue weighted by Crippen LogP contribution is -2.29. The molecule has 0 spiro atoms. The topological polar surface area (TPSA) is 66.2 Å². The van der Waals surface area contributed by atoms with Gasteiger partial charge in [-0.2, -0.15) is 0 Å². The van der Waals surface area contributed by atoms with Crippen molar-refractivity contribution in [2.24, 2.45) is 5.92 Å². The summed E-state index contributed by atoms with van der Waals surface area (Å²) in [5.74, 6) is 1.38. The Hall–Kier alpha value is -1.43. The Morgan fingerprint density at radius 1 is 1.50 bits per heavy atom. The number of rotatable bonds is 5. The molecule has 1 fully saturated rings. The third kappa shape index (κ3) is 3.56. The van der Waals surface area contributed by atoms with E-state index < -0.39 is 0 Å². The molecule has 0 radical (unpaired) electrons. The molecule has 0 aliphatic carbocycles. The van der Waals surface area contributed by atoms with Crippen LogP contribution in [0, 0.1) is 12.8 Å². The highest BCUT2D eigenvalue weighted by atomic mass is 16.5. The average molecular weight is 281 g/mol. The first-order valence-corrected chi connectivity index (χ1v) is 7.28. The van der Waals surface area contributed by atoms with E-state index in [1.807, 2.05) is 18.4 Å². The lowest BCUT2D eigenvalue weighted by molar-refractivity contribution is -0.155. The highest BCUT2D eigenvalue weighted by Gasteiger charge is 2.27. The van der Waals surface area contributed by atoms with Crippen molar-refractivity contribution < 1.29 is 14.3 Å². The fourth-order valence-corrected chi connectivity index (χ4v) is 2.51. The first-order valence-electron chi connectivity index (χ1n) is 7.28. The molecular formula is C14H23N3O3. The first-order chi connectivity index (χ1) is 9.61. The van der Waals surface area contributed by atoms with E-state index >= 15 is 0 Å². The second-order valence-corrected chi connectivity index (χ2v) is 5.33. The quantitative estimate of drug-likeness (QED) is 0.771. The van der Waals surface area contributed by atoms with Gasteiger partial charge < -0.3 is 14.0 Å². The number of nitrogens with zero attached hydrogens (tertiary/aromatic N) is 3. The Bertz CT molecular complexity index is 459. The van der Waals surface area contributed by atoms with Crippen molar-refractivity contribution in [3.05, 3.63) is 11.6 Å². The molecule has 0 N–H and O–H groups in total. The summed E-state index contributed by atoms with van der Waals surface area (Å²) in [6.45, 7) is 7.67. The Balaban J connectivity index is 1.90. The van der Waals surface area contributed by atoms with Crippen molar-refractivity contribution in [3.63, 3.8) is 0 Å². The molecule has 2 atom stereocenters. The largest absolute Gasteiger partial charge is 0.457 e. The summed E-state index contributed by atoms with van der Waals surface area (Å²) in [5.41, 5.74) is 0. The molecule has 1 aliphatic heterocycles. The minimum Gasteiger partial charge on any atom is -0.457 e. The summed E-state index contributed by atoms with van der Waals surface area (Å²) >= 11 is 0. The number of hydrogen-bond donors (Lipinski definition) is 0. The zero-order chi connectivity index (χ0) is 14.5. The second-order valence-electron chi connectivity index (χ2n) is 5.33. The molecule has 20 heavy (non-hydrogen) atoms. The summed E-state index contributed by atoms with van der Waals surface area (Å²) in [6, 6.07) is 0. The third-order valence-electron chi connectivity index (χ3n) is 3.62. The maximum atomic E-state index is 12.1. The fourth-order valence-electron chi connectivity index (χ4n) is 2.51. The van der Waals surface area contributed by atoms with E-state index in [4.69, 9.17) is 9.47 Å². The lowest BCUT2D eigenvalue weighted by atomic mass is 9.96. The van der Waals surface area contributed by atoms with Gasteiger partial charge >= 0.3 is 5.97 Å². The normalized spacial score (nSPS) is 22.8. The summed E-state index contributed by atoms with van der Waals surface area (Å²) in [6.07, 6.45) is 2.60. The van der Waals surface area contributed by atoms with Crippen LogP contribution >= 0.6 is 0 Å². The fraction of sp³-hybridized carbons (Fsp3) is 0.786. The van der Waals surface area contributed by atoms with E-state index in [2.05, 4.69) is 17.1 Å². The van der Waals surface area contributed by atoms with Crippen LogP contribution in [0.25, 0.3) is 0 Å². The summed E-state index contributed by atoms with van der Waals surface area (Å²) in [5, 5.41) is 8.12. The molecule has 0 amide bonds. The molecular weight excluding hydrogens is 258 g/mol. The lowest BCUT2D eigenvalue weighted by Gasteiger charge is -2.25. The zero-order valence-electron chi connectivity index (χ0n) is 12.5. The van der Waals surface area contributed by atoms with Crippen LogP contribution < -0.4 is 0 Å². The van der Waals surface area contributed by atoms with Gasteiger partial charge in [0.05, 0.1) is 12.0 Å². The first kappa shape index (κ1) is 15.0. The van der Waals surface area contributed by atoms with Gasteiger partial charge in [0.2, 0.25) is 0 Å². The SMILES string of the molecule is CCCn1c(C)nnc1COC(=O)[C@H]1CCO[C@@H](C)C1. The van der Waals surface area contributed by atoms with Gasteiger partial charge in [0, 0.05) is 13.2 Å². The van der Waals surface area contributed by atoms with E-state index in [9.17, 15) is 4.79 Å². The zero-order valence-corrected chi connectivity index (χ0v) is 12.5. The van der Waals surface area contributed by atoms with E-state index in [-0.39, 0.29) is 24.6 Å². The number of esters is 1. The molecule has 6 heteroatoms. The van der Waals surface area contributed by atoms with Crippen molar-refractivity contribution in [1.82, 2.24) is 14.8 Å². The Labute approximate surface area is 119 Å². The standard InChI is InChI=1S/C14H23N3O3/c1-4-6-17-11(3)15-16-13(17)9-20-14(18)12-5-7-19-10(2)8-12/h10,12H,4-9H2,1-3H3/t10-,12-/m0/s1. The van der Waals surface area contributed by atoms with Crippen molar-refractivity contribution in [1.29, 1.82) is 0 Å². The van der Waals surface area contributed by atoms with E-state index in [1.165, 1.54) is 0 Å². The smallest absolute Gasteiger partial charge is 0.309 e. The molecule has 0 bridgehead atoms. The minimum atomic E-state index is -0.149. The number of carbonyl (C=O) groups excluding carboxylic acids is 1. The van der Waals surface area contributed by atoms with Crippen LogP contribution in [0.2, 0.25) is 0 Å². The number of aromatic nitrogens is 3. The Morgan fingerprint density at radius 2 is 2.30 bits per heavy atom. The molecule has 1 aliphatic rings.